The van der Waals surface area contributed by atoms with Crippen molar-refractivity contribution in [3.8, 4) is 0 Å². The average Bonchev–Trinajstić information content (AvgIpc) is 3.15. The topological polar surface area (TPSA) is 70.3 Å². The fourth-order valence-electron chi connectivity index (χ4n) is 2.70. The monoisotopic (exact) mass is 466 g/mol. The second-order valence-corrected chi connectivity index (χ2v) is 7.41. The van der Waals surface area contributed by atoms with E-state index in [1.165, 1.54) is 7.05 Å². The lowest BCUT2D eigenvalue weighted by Gasteiger charge is -2.26. The predicted molar refractivity (Wildman–Crippen MR) is 98.2 cm³/mol. The lowest BCUT2D eigenvalue weighted by atomic mass is 10.2. The van der Waals surface area contributed by atoms with Crippen LogP contribution in [0.5, 0.6) is 0 Å². The molecule has 0 aliphatic carbocycles. The predicted octanol–water partition coefficient (Wildman–Crippen LogP) is 3.46. The summed E-state index contributed by atoms with van der Waals surface area (Å²) in [6.07, 6.45) is -10.9. The Hall–Kier alpha value is -3.09. The third kappa shape index (κ3) is 3.96. The molecule has 0 saturated heterocycles. The number of benzene rings is 1. The summed E-state index contributed by atoms with van der Waals surface area (Å²) in [4.78, 5) is 36.4. The standard InChI is InChI=1S/C18H12F6N2O4S/c1-25-13-10(12(27)26(16(25)29)8-9-5-3-2-4-6-9)7-11(31-13)14(28)30-17(21,15(19)20)18(22,23)24/h2-7,15H,8H2,1H3. The fraction of sp³-hybridized carbons (Fsp3) is 0.278. The van der Waals surface area contributed by atoms with Crippen molar-refractivity contribution in [2.24, 2.45) is 7.05 Å². The molecule has 31 heavy (non-hydrogen) atoms. The van der Waals surface area contributed by atoms with Crippen molar-refractivity contribution < 1.29 is 35.9 Å². The van der Waals surface area contributed by atoms with Gasteiger partial charge in [-0.2, -0.15) is 17.6 Å². The molecule has 1 unspecified atom stereocenters. The van der Waals surface area contributed by atoms with E-state index < -0.39 is 40.6 Å². The minimum Gasteiger partial charge on any atom is -0.411 e. The first kappa shape index (κ1) is 22.6. The molecule has 0 amide bonds. The molecule has 3 aromatic rings. The van der Waals surface area contributed by atoms with E-state index in [2.05, 4.69) is 4.74 Å². The minimum absolute atomic E-state index is 0.125. The van der Waals surface area contributed by atoms with Crippen LogP contribution in [0, 0.1) is 0 Å². The number of carbonyl (C=O) groups is 1. The molecular weight excluding hydrogens is 454 g/mol. The first-order valence-corrected chi connectivity index (χ1v) is 9.23. The maximum absolute atomic E-state index is 13.7. The second-order valence-electron chi connectivity index (χ2n) is 6.38. The molecule has 2 heterocycles. The first-order chi connectivity index (χ1) is 14.4. The highest BCUT2D eigenvalue weighted by Crippen LogP contribution is 2.41. The van der Waals surface area contributed by atoms with E-state index in [1.807, 2.05) is 0 Å². The van der Waals surface area contributed by atoms with Gasteiger partial charge in [0.25, 0.3) is 5.56 Å². The van der Waals surface area contributed by atoms with Crippen LogP contribution < -0.4 is 11.2 Å². The molecular formula is C18H12F6N2O4S. The van der Waals surface area contributed by atoms with Gasteiger partial charge < -0.3 is 4.74 Å². The first-order valence-electron chi connectivity index (χ1n) is 8.41. The van der Waals surface area contributed by atoms with Crippen molar-refractivity contribution in [2.45, 2.75) is 25.0 Å². The number of thiophene rings is 1. The maximum Gasteiger partial charge on any atom is 0.466 e. The van der Waals surface area contributed by atoms with Crippen molar-refractivity contribution in [3.63, 3.8) is 0 Å². The zero-order valence-corrected chi connectivity index (χ0v) is 16.3. The molecule has 0 spiro atoms. The molecule has 13 heteroatoms. The Morgan fingerprint density at radius 3 is 2.29 bits per heavy atom. The van der Waals surface area contributed by atoms with Gasteiger partial charge in [0.15, 0.2) is 0 Å². The molecule has 3 rings (SSSR count). The fourth-order valence-corrected chi connectivity index (χ4v) is 3.68. The quantitative estimate of drug-likeness (QED) is 0.427. The number of hydrogen-bond acceptors (Lipinski definition) is 5. The Kier molecular flexibility index (Phi) is 5.74. The van der Waals surface area contributed by atoms with E-state index in [0.717, 1.165) is 15.2 Å². The smallest absolute Gasteiger partial charge is 0.411 e. The number of halogens is 6. The maximum atomic E-state index is 13.7. The van der Waals surface area contributed by atoms with Gasteiger partial charge in [0, 0.05) is 7.05 Å². The molecule has 0 aliphatic rings. The van der Waals surface area contributed by atoms with Crippen LogP contribution in [0.1, 0.15) is 15.2 Å². The van der Waals surface area contributed by atoms with Gasteiger partial charge in [0.05, 0.1) is 11.9 Å². The number of hydrogen-bond donors (Lipinski definition) is 0. The number of esters is 1. The Morgan fingerprint density at radius 2 is 1.74 bits per heavy atom. The Labute approximate surface area is 172 Å². The van der Waals surface area contributed by atoms with Crippen molar-refractivity contribution in [1.82, 2.24) is 9.13 Å². The van der Waals surface area contributed by atoms with Crippen LogP contribution in [0.3, 0.4) is 0 Å². The number of alkyl halides is 6. The van der Waals surface area contributed by atoms with Gasteiger partial charge in [-0.1, -0.05) is 30.3 Å². The van der Waals surface area contributed by atoms with Gasteiger partial charge >= 0.3 is 30.1 Å². The van der Waals surface area contributed by atoms with Gasteiger partial charge in [-0.05, 0) is 11.6 Å². The summed E-state index contributed by atoms with van der Waals surface area (Å²) in [6, 6.07) is 9.14. The SMILES string of the molecule is Cn1c(=O)n(Cc2ccccc2)c(=O)c2cc(C(=O)OC(F)(C(F)F)C(F)(F)F)sc21. The summed E-state index contributed by atoms with van der Waals surface area (Å²) >= 11 is 0.335. The van der Waals surface area contributed by atoms with Crippen molar-refractivity contribution >= 4 is 27.5 Å². The number of nitrogens with zero attached hydrogens (tertiary/aromatic N) is 2. The Balaban J connectivity index is 2.06. The normalized spacial score (nSPS) is 14.1. The van der Waals surface area contributed by atoms with Gasteiger partial charge in [-0.3, -0.25) is 13.9 Å². The van der Waals surface area contributed by atoms with Crippen LogP contribution in [-0.4, -0.2) is 33.6 Å². The molecule has 1 atom stereocenters. The summed E-state index contributed by atoms with van der Waals surface area (Å²) in [6.45, 7) is -0.134. The molecule has 6 nitrogen and oxygen atoms in total. The summed E-state index contributed by atoms with van der Waals surface area (Å²) in [5, 5.41) is -0.247. The summed E-state index contributed by atoms with van der Waals surface area (Å²) in [5.41, 5.74) is -1.06. The molecule has 166 valence electrons. The van der Waals surface area contributed by atoms with E-state index in [-0.39, 0.29) is 16.8 Å². The van der Waals surface area contributed by atoms with Gasteiger partial charge in [0.2, 0.25) is 0 Å². The van der Waals surface area contributed by atoms with E-state index in [9.17, 15) is 40.7 Å². The number of carbonyl (C=O) groups excluding carboxylic acids is 1. The largest absolute Gasteiger partial charge is 0.466 e. The van der Waals surface area contributed by atoms with E-state index >= 15 is 0 Å². The van der Waals surface area contributed by atoms with Crippen LogP contribution in [0.4, 0.5) is 26.3 Å². The average molecular weight is 466 g/mol. The van der Waals surface area contributed by atoms with Crippen molar-refractivity contribution in [2.75, 3.05) is 0 Å². The molecule has 0 bridgehead atoms. The molecule has 0 saturated carbocycles. The summed E-state index contributed by atoms with van der Waals surface area (Å²) < 4.78 is 82.2. The second kappa shape index (κ2) is 7.87. The van der Waals surface area contributed by atoms with Gasteiger partial charge in [-0.25, -0.2) is 18.4 Å². The number of aromatic nitrogens is 2. The zero-order valence-electron chi connectivity index (χ0n) is 15.5. The number of fused-ring (bicyclic) bond motifs is 1. The van der Waals surface area contributed by atoms with E-state index in [0.29, 0.717) is 16.9 Å². The van der Waals surface area contributed by atoms with Crippen LogP contribution >= 0.6 is 11.3 Å². The molecule has 2 aromatic heterocycles. The Bertz CT molecular complexity index is 1250. The van der Waals surface area contributed by atoms with Gasteiger partial charge in [-0.15, -0.1) is 11.3 Å². The minimum atomic E-state index is -6.19. The lowest BCUT2D eigenvalue weighted by Crippen LogP contribution is -2.50. The van der Waals surface area contributed by atoms with Gasteiger partial charge in [0.1, 0.15) is 9.71 Å². The number of rotatable bonds is 5. The highest BCUT2D eigenvalue weighted by molar-refractivity contribution is 7.20. The zero-order chi connectivity index (χ0) is 23.1. The molecule has 0 radical (unpaired) electrons. The van der Waals surface area contributed by atoms with Crippen molar-refractivity contribution in [1.29, 1.82) is 0 Å². The lowest BCUT2D eigenvalue weighted by molar-refractivity contribution is -0.349. The van der Waals surface area contributed by atoms with Crippen molar-refractivity contribution in [3.05, 3.63) is 67.7 Å². The molecule has 0 N–H and O–H groups in total. The highest BCUT2D eigenvalue weighted by atomic mass is 32.1. The molecule has 0 fully saturated rings. The Morgan fingerprint density at radius 1 is 1.13 bits per heavy atom. The van der Waals surface area contributed by atoms with Crippen LogP contribution in [-0.2, 0) is 18.3 Å². The number of ether oxygens (including phenoxy) is 1. The summed E-state index contributed by atoms with van der Waals surface area (Å²) in [7, 11) is 1.24. The van der Waals surface area contributed by atoms with Crippen LogP contribution in [0.25, 0.3) is 10.2 Å². The van der Waals surface area contributed by atoms with E-state index in [1.54, 1.807) is 30.3 Å². The van der Waals surface area contributed by atoms with E-state index in [4.69, 9.17) is 0 Å². The van der Waals surface area contributed by atoms with Crippen LogP contribution in [0.2, 0.25) is 0 Å². The third-order valence-electron chi connectivity index (χ3n) is 4.30. The molecule has 1 aromatic carbocycles. The van der Waals surface area contributed by atoms with Crippen LogP contribution in [0.15, 0.2) is 46.0 Å². The third-order valence-corrected chi connectivity index (χ3v) is 5.50. The molecule has 0 aliphatic heterocycles. The summed E-state index contributed by atoms with van der Waals surface area (Å²) in [5.74, 6) is -7.58. The highest BCUT2D eigenvalue weighted by Gasteiger charge is 2.67. The number of aryl methyl sites for hydroxylation is 1.